The van der Waals surface area contributed by atoms with E-state index in [0.29, 0.717) is 13.0 Å². The number of nitrogens with zero attached hydrogens (tertiary/aromatic N) is 1. The van der Waals surface area contributed by atoms with Gasteiger partial charge in [0, 0.05) is 18.9 Å². The lowest BCUT2D eigenvalue weighted by Crippen LogP contribution is -2.46. The normalized spacial score (nSPS) is 22.1. The number of carboxylic acids is 1. The fraction of sp³-hybridized carbons (Fsp3) is 0.692. The van der Waals surface area contributed by atoms with Gasteiger partial charge in [-0.3, -0.25) is 4.79 Å². The van der Waals surface area contributed by atoms with Crippen molar-refractivity contribution in [3.63, 3.8) is 0 Å². The van der Waals surface area contributed by atoms with E-state index in [4.69, 9.17) is 4.74 Å². The number of carbonyl (C=O) groups is 2. The number of rotatable bonds is 5. The van der Waals surface area contributed by atoms with Crippen molar-refractivity contribution in [2.75, 3.05) is 13.2 Å². The van der Waals surface area contributed by atoms with Gasteiger partial charge < -0.3 is 14.7 Å². The third-order valence-electron chi connectivity index (χ3n) is 2.86. The van der Waals surface area contributed by atoms with Gasteiger partial charge >= 0.3 is 5.97 Å². The average molecular weight is 255 g/mol. The maximum atomic E-state index is 11.8. The van der Waals surface area contributed by atoms with Crippen LogP contribution in [0.3, 0.4) is 0 Å². The Morgan fingerprint density at radius 1 is 1.67 bits per heavy atom. The van der Waals surface area contributed by atoms with Gasteiger partial charge in [-0.25, -0.2) is 4.79 Å². The average Bonchev–Trinajstić information content (AvgIpc) is 2.58. The van der Waals surface area contributed by atoms with Crippen LogP contribution < -0.4 is 0 Å². The Morgan fingerprint density at radius 2 is 2.28 bits per heavy atom. The number of carboxylic acid groups (broad SMARTS) is 1. The maximum Gasteiger partial charge on any atom is 0.328 e. The third-order valence-corrected chi connectivity index (χ3v) is 2.86. The fourth-order valence-corrected chi connectivity index (χ4v) is 1.84. The minimum Gasteiger partial charge on any atom is -0.480 e. The number of likely N-dealkylation sites (tertiary alicyclic amines) is 1. The molecule has 1 aliphatic heterocycles. The summed E-state index contributed by atoms with van der Waals surface area (Å²) >= 11 is 0. The van der Waals surface area contributed by atoms with E-state index < -0.39 is 17.6 Å². The zero-order valence-electron chi connectivity index (χ0n) is 11.2. The smallest absolute Gasteiger partial charge is 0.328 e. The van der Waals surface area contributed by atoms with Gasteiger partial charge in [0.15, 0.2) is 6.04 Å². The molecule has 0 aliphatic carbocycles. The van der Waals surface area contributed by atoms with Crippen molar-refractivity contribution < 1.29 is 19.4 Å². The van der Waals surface area contributed by atoms with Crippen molar-refractivity contribution in [3.8, 4) is 0 Å². The summed E-state index contributed by atoms with van der Waals surface area (Å²) in [5, 5.41) is 9.21. The van der Waals surface area contributed by atoms with Crippen LogP contribution in [0.25, 0.3) is 0 Å². The van der Waals surface area contributed by atoms with Crippen LogP contribution in [-0.4, -0.2) is 46.7 Å². The molecule has 0 aromatic heterocycles. The van der Waals surface area contributed by atoms with Gasteiger partial charge in [-0.2, -0.15) is 0 Å². The summed E-state index contributed by atoms with van der Waals surface area (Å²) in [6.45, 7) is 9.62. The van der Waals surface area contributed by atoms with Gasteiger partial charge in [-0.15, -0.1) is 6.58 Å². The zero-order valence-corrected chi connectivity index (χ0v) is 11.2. The molecule has 0 spiro atoms. The zero-order chi connectivity index (χ0) is 13.9. The molecule has 0 saturated carbocycles. The summed E-state index contributed by atoms with van der Waals surface area (Å²) < 4.78 is 5.48. The van der Waals surface area contributed by atoms with Crippen molar-refractivity contribution in [3.05, 3.63) is 12.7 Å². The van der Waals surface area contributed by atoms with Crippen LogP contribution in [0.15, 0.2) is 12.7 Å². The van der Waals surface area contributed by atoms with Gasteiger partial charge in [-0.1, -0.05) is 6.08 Å². The van der Waals surface area contributed by atoms with Gasteiger partial charge in [0.2, 0.25) is 5.91 Å². The van der Waals surface area contributed by atoms with Gasteiger partial charge in [0.05, 0.1) is 12.2 Å². The summed E-state index contributed by atoms with van der Waals surface area (Å²) in [6, 6.07) is -0.915. The molecule has 18 heavy (non-hydrogen) atoms. The first kappa shape index (κ1) is 14.7. The quantitative estimate of drug-likeness (QED) is 0.752. The fourth-order valence-electron chi connectivity index (χ4n) is 1.84. The summed E-state index contributed by atoms with van der Waals surface area (Å²) in [6.07, 6.45) is 2.03. The van der Waals surface area contributed by atoms with Gasteiger partial charge in [0.1, 0.15) is 0 Å². The number of hydrogen-bond donors (Lipinski definition) is 1. The second-order valence-corrected chi connectivity index (χ2v) is 5.52. The van der Waals surface area contributed by atoms with Crippen molar-refractivity contribution in [2.45, 2.75) is 38.8 Å². The number of hydrogen-bond acceptors (Lipinski definition) is 3. The summed E-state index contributed by atoms with van der Waals surface area (Å²) in [7, 11) is 0. The minimum absolute atomic E-state index is 0.00837. The van der Waals surface area contributed by atoms with Crippen LogP contribution in [0, 0.1) is 5.92 Å². The second-order valence-electron chi connectivity index (χ2n) is 5.52. The predicted molar refractivity (Wildman–Crippen MR) is 67.1 cm³/mol. The number of amides is 1. The molecule has 1 unspecified atom stereocenters. The maximum absolute atomic E-state index is 11.8. The summed E-state index contributed by atoms with van der Waals surface area (Å²) in [5.74, 6) is -1.14. The highest BCUT2D eigenvalue weighted by molar-refractivity contribution is 5.85. The molecule has 2 atom stereocenters. The Morgan fingerprint density at radius 3 is 2.67 bits per heavy atom. The third kappa shape index (κ3) is 3.84. The molecule has 1 N–H and O–H groups in total. The molecular formula is C13H21NO4. The molecule has 1 saturated heterocycles. The Bertz CT molecular complexity index is 345. The Balaban J connectivity index is 2.71. The molecule has 1 aliphatic rings. The Labute approximate surface area is 107 Å². The molecule has 1 amide bonds. The van der Waals surface area contributed by atoms with Crippen LogP contribution in [-0.2, 0) is 14.3 Å². The van der Waals surface area contributed by atoms with Crippen LogP contribution in [0.5, 0.6) is 0 Å². The lowest BCUT2D eigenvalue weighted by Gasteiger charge is -2.28. The monoisotopic (exact) mass is 255 g/mol. The SMILES string of the molecule is C=CC1CC(=O)N([C@@H](COC(C)(C)C)C(=O)O)C1. The van der Waals surface area contributed by atoms with Gasteiger partial charge in [0.25, 0.3) is 0 Å². The van der Waals surface area contributed by atoms with Crippen molar-refractivity contribution in [2.24, 2.45) is 5.92 Å². The topological polar surface area (TPSA) is 66.8 Å². The second kappa shape index (κ2) is 5.52. The molecule has 0 bridgehead atoms. The Hall–Kier alpha value is -1.36. The largest absolute Gasteiger partial charge is 0.480 e. The number of aliphatic carboxylic acids is 1. The first-order chi connectivity index (χ1) is 8.24. The predicted octanol–water partition coefficient (Wildman–Crippen LogP) is 1.29. The van der Waals surface area contributed by atoms with E-state index in [-0.39, 0.29) is 18.4 Å². The summed E-state index contributed by atoms with van der Waals surface area (Å²) in [5.41, 5.74) is -0.422. The first-order valence-electron chi connectivity index (χ1n) is 6.03. The number of ether oxygens (including phenoxy) is 1. The van der Waals surface area contributed by atoms with E-state index in [1.807, 2.05) is 20.8 Å². The molecule has 1 fully saturated rings. The van der Waals surface area contributed by atoms with Crippen LogP contribution in [0.2, 0.25) is 0 Å². The van der Waals surface area contributed by atoms with E-state index in [9.17, 15) is 14.7 Å². The molecule has 0 aromatic carbocycles. The summed E-state index contributed by atoms with van der Waals surface area (Å²) in [4.78, 5) is 24.4. The highest BCUT2D eigenvalue weighted by Crippen LogP contribution is 2.22. The van der Waals surface area contributed by atoms with Crippen molar-refractivity contribution in [1.82, 2.24) is 4.90 Å². The van der Waals surface area contributed by atoms with E-state index in [1.165, 1.54) is 4.90 Å². The van der Waals surface area contributed by atoms with Crippen LogP contribution in [0.1, 0.15) is 27.2 Å². The van der Waals surface area contributed by atoms with Crippen LogP contribution >= 0.6 is 0 Å². The molecular weight excluding hydrogens is 234 g/mol. The van der Waals surface area contributed by atoms with E-state index in [1.54, 1.807) is 6.08 Å². The molecule has 5 nitrogen and oxygen atoms in total. The lowest BCUT2D eigenvalue weighted by molar-refractivity contribution is -0.153. The molecule has 5 heteroatoms. The van der Waals surface area contributed by atoms with Crippen LogP contribution in [0.4, 0.5) is 0 Å². The highest BCUT2D eigenvalue weighted by Gasteiger charge is 2.37. The standard InChI is InChI=1S/C13H21NO4/c1-5-9-6-11(15)14(7-9)10(12(16)17)8-18-13(2,3)4/h5,9-10H,1,6-8H2,2-4H3,(H,16,17)/t9?,10-/m0/s1. The molecule has 0 aromatic rings. The van der Waals surface area contributed by atoms with E-state index in [0.717, 1.165) is 0 Å². The first-order valence-corrected chi connectivity index (χ1v) is 6.03. The Kier molecular flexibility index (Phi) is 4.51. The molecule has 1 rings (SSSR count). The van der Waals surface area contributed by atoms with E-state index >= 15 is 0 Å². The lowest BCUT2D eigenvalue weighted by atomic mass is 10.1. The van der Waals surface area contributed by atoms with E-state index in [2.05, 4.69) is 6.58 Å². The number of carbonyl (C=O) groups excluding carboxylic acids is 1. The molecule has 0 radical (unpaired) electrons. The van der Waals surface area contributed by atoms with Crippen molar-refractivity contribution in [1.29, 1.82) is 0 Å². The minimum atomic E-state index is -1.03. The highest BCUT2D eigenvalue weighted by atomic mass is 16.5. The van der Waals surface area contributed by atoms with Crippen molar-refractivity contribution >= 4 is 11.9 Å². The molecule has 102 valence electrons. The van der Waals surface area contributed by atoms with Gasteiger partial charge in [-0.05, 0) is 20.8 Å². The molecule has 1 heterocycles.